The first-order valence-corrected chi connectivity index (χ1v) is 7.42. The summed E-state index contributed by atoms with van der Waals surface area (Å²) in [6.07, 6.45) is 4.08. The SMILES string of the molecule is CC(C)(C)c1nsc(NC2(CC(=O)O)CCCC2)n1. The Hall–Kier alpha value is -1.17. The lowest BCUT2D eigenvalue weighted by Crippen LogP contribution is -2.37. The third-order valence-electron chi connectivity index (χ3n) is 3.52. The van der Waals surface area contributed by atoms with E-state index < -0.39 is 5.97 Å². The van der Waals surface area contributed by atoms with Crippen LogP contribution in [-0.4, -0.2) is 26.0 Å². The third kappa shape index (κ3) is 3.43. The molecule has 2 N–H and O–H groups in total. The molecular weight excluding hydrogens is 262 g/mol. The van der Waals surface area contributed by atoms with Gasteiger partial charge in [-0.25, -0.2) is 4.98 Å². The van der Waals surface area contributed by atoms with Gasteiger partial charge in [0.25, 0.3) is 0 Å². The average molecular weight is 283 g/mol. The predicted molar refractivity (Wildman–Crippen MR) is 75.7 cm³/mol. The number of hydrogen-bond acceptors (Lipinski definition) is 5. The molecule has 1 saturated carbocycles. The highest BCUT2D eigenvalue weighted by Gasteiger charge is 2.37. The topological polar surface area (TPSA) is 75.1 Å². The third-order valence-corrected chi connectivity index (χ3v) is 4.15. The number of aromatic nitrogens is 2. The zero-order valence-electron chi connectivity index (χ0n) is 11.7. The monoisotopic (exact) mass is 283 g/mol. The summed E-state index contributed by atoms with van der Waals surface area (Å²) >= 11 is 1.32. The maximum atomic E-state index is 11.0. The van der Waals surface area contributed by atoms with Crippen LogP contribution in [-0.2, 0) is 10.2 Å². The molecule has 0 spiro atoms. The molecule has 0 atom stereocenters. The maximum absolute atomic E-state index is 11.0. The van der Waals surface area contributed by atoms with E-state index in [1.165, 1.54) is 11.5 Å². The van der Waals surface area contributed by atoms with Crippen LogP contribution >= 0.6 is 11.5 Å². The fourth-order valence-electron chi connectivity index (χ4n) is 2.49. The minimum atomic E-state index is -0.755. The van der Waals surface area contributed by atoms with Crippen molar-refractivity contribution in [1.29, 1.82) is 0 Å². The van der Waals surface area contributed by atoms with Crippen molar-refractivity contribution in [3.05, 3.63) is 5.82 Å². The molecule has 0 radical (unpaired) electrons. The van der Waals surface area contributed by atoms with E-state index in [4.69, 9.17) is 5.11 Å². The Balaban J connectivity index is 2.14. The number of nitrogens with one attached hydrogen (secondary N) is 1. The summed E-state index contributed by atoms with van der Waals surface area (Å²) in [6, 6.07) is 0. The van der Waals surface area contributed by atoms with Crippen LogP contribution in [0.3, 0.4) is 0 Å². The molecule has 1 fully saturated rings. The Kier molecular flexibility index (Phi) is 3.80. The number of aliphatic carboxylic acids is 1. The van der Waals surface area contributed by atoms with Crippen molar-refractivity contribution in [2.45, 2.75) is 63.8 Å². The molecule has 5 nitrogen and oxygen atoms in total. The predicted octanol–water partition coefficient (Wildman–Crippen LogP) is 3.04. The second kappa shape index (κ2) is 5.07. The number of carboxylic acid groups (broad SMARTS) is 1. The maximum Gasteiger partial charge on any atom is 0.305 e. The molecule has 0 bridgehead atoms. The van der Waals surface area contributed by atoms with Gasteiger partial charge in [-0.3, -0.25) is 4.79 Å². The molecule has 6 heteroatoms. The van der Waals surface area contributed by atoms with E-state index in [0.717, 1.165) is 36.6 Å². The van der Waals surface area contributed by atoms with E-state index >= 15 is 0 Å². The highest BCUT2D eigenvalue weighted by molar-refractivity contribution is 7.09. The second-order valence-corrected chi connectivity index (χ2v) is 7.11. The zero-order chi connectivity index (χ0) is 14.1. The van der Waals surface area contributed by atoms with E-state index in [-0.39, 0.29) is 17.4 Å². The van der Waals surface area contributed by atoms with Crippen molar-refractivity contribution >= 4 is 22.6 Å². The Labute approximate surface area is 117 Å². The number of anilines is 1. The molecule has 19 heavy (non-hydrogen) atoms. The molecule has 106 valence electrons. The Morgan fingerprint density at radius 3 is 2.53 bits per heavy atom. The van der Waals surface area contributed by atoms with E-state index in [1.807, 2.05) is 0 Å². The number of carbonyl (C=O) groups is 1. The highest BCUT2D eigenvalue weighted by atomic mass is 32.1. The van der Waals surface area contributed by atoms with Crippen molar-refractivity contribution in [1.82, 2.24) is 9.36 Å². The van der Waals surface area contributed by atoms with E-state index in [9.17, 15) is 4.79 Å². The lowest BCUT2D eigenvalue weighted by molar-refractivity contribution is -0.138. The summed E-state index contributed by atoms with van der Waals surface area (Å²) in [5.74, 6) is 0.0541. The van der Waals surface area contributed by atoms with Crippen LogP contribution in [0.1, 0.15) is 58.7 Å². The van der Waals surface area contributed by atoms with Crippen LogP contribution in [0, 0.1) is 0 Å². The molecular formula is C13H21N3O2S. The smallest absolute Gasteiger partial charge is 0.305 e. The molecule has 0 unspecified atom stereocenters. The summed E-state index contributed by atoms with van der Waals surface area (Å²) in [7, 11) is 0. The highest BCUT2D eigenvalue weighted by Crippen LogP contribution is 2.36. The normalized spacial score (nSPS) is 18.5. The summed E-state index contributed by atoms with van der Waals surface area (Å²) in [6.45, 7) is 6.21. The Morgan fingerprint density at radius 2 is 2.05 bits per heavy atom. The Morgan fingerprint density at radius 1 is 1.42 bits per heavy atom. The number of rotatable bonds is 4. The molecule has 1 aliphatic rings. The zero-order valence-corrected chi connectivity index (χ0v) is 12.5. The van der Waals surface area contributed by atoms with Crippen molar-refractivity contribution in [3.63, 3.8) is 0 Å². The average Bonchev–Trinajstić information content (AvgIpc) is 2.86. The van der Waals surface area contributed by atoms with Crippen molar-refractivity contribution < 1.29 is 9.90 Å². The summed E-state index contributed by atoms with van der Waals surface area (Å²) in [5, 5.41) is 13.2. The van der Waals surface area contributed by atoms with Gasteiger partial charge < -0.3 is 10.4 Å². The minimum absolute atomic E-state index is 0.0773. The molecule has 0 saturated heterocycles. The molecule has 0 aliphatic heterocycles. The van der Waals surface area contributed by atoms with E-state index in [1.54, 1.807) is 0 Å². The van der Waals surface area contributed by atoms with Gasteiger partial charge in [0, 0.05) is 16.9 Å². The van der Waals surface area contributed by atoms with Gasteiger partial charge in [0.15, 0.2) is 0 Å². The van der Waals surface area contributed by atoms with Crippen LogP contribution in [0.4, 0.5) is 5.13 Å². The van der Waals surface area contributed by atoms with Gasteiger partial charge in [-0.15, -0.1) is 0 Å². The molecule has 1 aliphatic carbocycles. The van der Waals surface area contributed by atoms with Gasteiger partial charge in [-0.1, -0.05) is 33.6 Å². The molecule has 0 aromatic carbocycles. The van der Waals surface area contributed by atoms with Crippen LogP contribution in [0.25, 0.3) is 0 Å². The lowest BCUT2D eigenvalue weighted by atomic mass is 9.93. The van der Waals surface area contributed by atoms with E-state index in [0.29, 0.717) is 0 Å². The standard InChI is InChI=1S/C13H21N3O2S/c1-12(2,3)10-14-11(19-16-10)15-13(8-9(17)18)6-4-5-7-13/h4-8H2,1-3H3,(H,17,18)(H,14,15,16). The van der Waals surface area contributed by atoms with Gasteiger partial charge >= 0.3 is 5.97 Å². The molecule has 1 aromatic heterocycles. The lowest BCUT2D eigenvalue weighted by Gasteiger charge is -2.28. The molecule has 0 amide bonds. The molecule has 2 rings (SSSR count). The van der Waals surface area contributed by atoms with E-state index in [2.05, 4.69) is 35.4 Å². The van der Waals surface area contributed by atoms with Crippen molar-refractivity contribution in [3.8, 4) is 0 Å². The number of hydrogen-bond donors (Lipinski definition) is 2. The summed E-state index contributed by atoms with van der Waals surface area (Å²) < 4.78 is 4.36. The number of nitrogens with zero attached hydrogens (tertiary/aromatic N) is 2. The van der Waals surface area contributed by atoms with Crippen LogP contribution < -0.4 is 5.32 Å². The first-order chi connectivity index (χ1) is 8.81. The van der Waals surface area contributed by atoms with Gasteiger partial charge in [-0.2, -0.15) is 4.37 Å². The summed E-state index contributed by atoms with van der Waals surface area (Å²) in [4.78, 5) is 15.5. The fourth-order valence-corrected chi connectivity index (χ4v) is 3.37. The first-order valence-electron chi connectivity index (χ1n) is 6.65. The fraction of sp³-hybridized carbons (Fsp3) is 0.769. The minimum Gasteiger partial charge on any atom is -0.481 e. The van der Waals surface area contributed by atoms with Crippen LogP contribution in [0.15, 0.2) is 0 Å². The first kappa shape index (κ1) is 14.2. The van der Waals surface area contributed by atoms with Gasteiger partial charge in [0.1, 0.15) is 5.82 Å². The van der Waals surface area contributed by atoms with Gasteiger partial charge in [-0.05, 0) is 12.8 Å². The van der Waals surface area contributed by atoms with Gasteiger partial charge in [0.05, 0.1) is 12.0 Å². The largest absolute Gasteiger partial charge is 0.481 e. The van der Waals surface area contributed by atoms with Gasteiger partial charge in [0.2, 0.25) is 5.13 Å². The quantitative estimate of drug-likeness (QED) is 0.888. The number of carboxylic acids is 1. The molecule has 1 heterocycles. The van der Waals surface area contributed by atoms with Crippen molar-refractivity contribution in [2.75, 3.05) is 5.32 Å². The van der Waals surface area contributed by atoms with Crippen LogP contribution in [0.5, 0.6) is 0 Å². The second-order valence-electron chi connectivity index (χ2n) is 6.36. The summed E-state index contributed by atoms with van der Waals surface area (Å²) in [5.41, 5.74) is -0.410. The van der Waals surface area contributed by atoms with Crippen molar-refractivity contribution in [2.24, 2.45) is 0 Å². The van der Waals surface area contributed by atoms with Crippen LogP contribution in [0.2, 0.25) is 0 Å². The Bertz CT molecular complexity index is 459. The molecule has 1 aromatic rings.